The van der Waals surface area contributed by atoms with Gasteiger partial charge in [-0.1, -0.05) is 17.7 Å². The molecule has 114 valence electrons. The van der Waals surface area contributed by atoms with Crippen LogP contribution in [0.3, 0.4) is 0 Å². The first-order valence-electron chi connectivity index (χ1n) is 7.39. The smallest absolute Gasteiger partial charge is 0.253 e. The highest BCUT2D eigenvalue weighted by molar-refractivity contribution is 5.94. The molecule has 21 heavy (non-hydrogen) atoms. The van der Waals surface area contributed by atoms with Crippen molar-refractivity contribution in [2.24, 2.45) is 5.73 Å². The third-order valence-corrected chi connectivity index (χ3v) is 3.75. The highest BCUT2D eigenvalue weighted by Gasteiger charge is 2.24. The van der Waals surface area contributed by atoms with Gasteiger partial charge in [-0.05, 0) is 32.4 Å². The topological polar surface area (TPSA) is 66.6 Å². The number of benzene rings is 1. The molecule has 0 saturated carbocycles. The third-order valence-electron chi connectivity index (χ3n) is 3.75. The van der Waals surface area contributed by atoms with Gasteiger partial charge in [0.1, 0.15) is 0 Å². The molecular weight excluding hydrogens is 266 g/mol. The van der Waals surface area contributed by atoms with Crippen molar-refractivity contribution in [3.63, 3.8) is 0 Å². The van der Waals surface area contributed by atoms with Crippen LogP contribution < -0.4 is 5.73 Å². The Morgan fingerprint density at radius 2 is 1.81 bits per heavy atom. The number of rotatable bonds is 2. The number of carbonyl (C=O) groups excluding carboxylic acids is 2. The van der Waals surface area contributed by atoms with E-state index >= 15 is 0 Å². The fourth-order valence-corrected chi connectivity index (χ4v) is 2.59. The van der Waals surface area contributed by atoms with Gasteiger partial charge in [-0.3, -0.25) is 9.59 Å². The normalized spacial score (nSPS) is 17.3. The van der Waals surface area contributed by atoms with Gasteiger partial charge in [-0.25, -0.2) is 0 Å². The molecule has 0 radical (unpaired) electrons. The summed E-state index contributed by atoms with van der Waals surface area (Å²) in [7, 11) is 0. The molecule has 0 aliphatic carbocycles. The molecule has 0 spiro atoms. The summed E-state index contributed by atoms with van der Waals surface area (Å²) in [6.07, 6.45) is 0.788. The second kappa shape index (κ2) is 6.72. The standard InChI is InChI=1S/C16H23N3O2/c1-12-5-3-6-14(11-12)16(21)19-8-4-7-18(9-10-19)15(20)13(2)17/h3,5-6,11,13H,4,7-10,17H2,1-2H3/t13-/m1/s1. The van der Waals surface area contributed by atoms with E-state index in [0.29, 0.717) is 31.7 Å². The van der Waals surface area contributed by atoms with Crippen molar-refractivity contribution >= 4 is 11.8 Å². The first-order chi connectivity index (χ1) is 9.99. The summed E-state index contributed by atoms with van der Waals surface area (Å²) in [5, 5.41) is 0. The van der Waals surface area contributed by atoms with Crippen molar-refractivity contribution in [2.45, 2.75) is 26.3 Å². The number of nitrogens with zero attached hydrogens (tertiary/aromatic N) is 2. The van der Waals surface area contributed by atoms with E-state index < -0.39 is 6.04 Å². The molecule has 5 heteroatoms. The monoisotopic (exact) mass is 289 g/mol. The lowest BCUT2D eigenvalue weighted by Crippen LogP contribution is -2.44. The van der Waals surface area contributed by atoms with Gasteiger partial charge in [-0.2, -0.15) is 0 Å². The fraction of sp³-hybridized carbons (Fsp3) is 0.500. The van der Waals surface area contributed by atoms with E-state index in [4.69, 9.17) is 5.73 Å². The highest BCUT2D eigenvalue weighted by Crippen LogP contribution is 2.11. The van der Waals surface area contributed by atoms with Crippen LogP contribution >= 0.6 is 0 Å². The van der Waals surface area contributed by atoms with Gasteiger partial charge in [0, 0.05) is 31.7 Å². The van der Waals surface area contributed by atoms with Crippen LogP contribution in [0.2, 0.25) is 0 Å². The van der Waals surface area contributed by atoms with E-state index in [2.05, 4.69) is 0 Å². The van der Waals surface area contributed by atoms with Crippen molar-refractivity contribution in [2.75, 3.05) is 26.2 Å². The lowest BCUT2D eigenvalue weighted by atomic mass is 10.1. The van der Waals surface area contributed by atoms with E-state index in [-0.39, 0.29) is 11.8 Å². The molecule has 2 amide bonds. The van der Waals surface area contributed by atoms with Crippen molar-refractivity contribution in [3.05, 3.63) is 35.4 Å². The first kappa shape index (κ1) is 15.5. The minimum Gasteiger partial charge on any atom is -0.340 e. The molecule has 0 bridgehead atoms. The lowest BCUT2D eigenvalue weighted by Gasteiger charge is -2.23. The van der Waals surface area contributed by atoms with E-state index in [9.17, 15) is 9.59 Å². The van der Waals surface area contributed by atoms with Gasteiger partial charge in [0.15, 0.2) is 0 Å². The van der Waals surface area contributed by atoms with Crippen LogP contribution in [0.25, 0.3) is 0 Å². The maximum atomic E-state index is 12.5. The molecule has 1 aliphatic heterocycles. The summed E-state index contributed by atoms with van der Waals surface area (Å²) in [5.74, 6) is -0.00588. The molecular formula is C16H23N3O2. The maximum absolute atomic E-state index is 12.5. The van der Waals surface area contributed by atoms with E-state index in [1.165, 1.54) is 0 Å². The highest BCUT2D eigenvalue weighted by atomic mass is 16.2. The Morgan fingerprint density at radius 1 is 1.14 bits per heavy atom. The Hall–Kier alpha value is -1.88. The summed E-state index contributed by atoms with van der Waals surface area (Å²) in [6.45, 7) is 6.13. The molecule has 1 atom stereocenters. The van der Waals surface area contributed by atoms with Crippen LogP contribution in [0.1, 0.15) is 29.3 Å². The van der Waals surface area contributed by atoms with E-state index in [1.54, 1.807) is 11.8 Å². The molecule has 5 nitrogen and oxygen atoms in total. The number of carbonyl (C=O) groups is 2. The van der Waals surface area contributed by atoms with Gasteiger partial charge in [0.2, 0.25) is 5.91 Å². The summed E-state index contributed by atoms with van der Waals surface area (Å²) < 4.78 is 0. The number of hydrogen-bond acceptors (Lipinski definition) is 3. The van der Waals surface area contributed by atoms with Crippen LogP contribution in [-0.2, 0) is 4.79 Å². The second-order valence-electron chi connectivity index (χ2n) is 5.63. The maximum Gasteiger partial charge on any atom is 0.253 e. The Bertz CT molecular complexity index is 528. The zero-order valence-corrected chi connectivity index (χ0v) is 12.7. The van der Waals surface area contributed by atoms with Crippen molar-refractivity contribution in [3.8, 4) is 0 Å². The van der Waals surface area contributed by atoms with Crippen LogP contribution in [-0.4, -0.2) is 53.8 Å². The molecule has 1 aliphatic rings. The van der Waals surface area contributed by atoms with Crippen LogP contribution in [0.5, 0.6) is 0 Å². The predicted molar refractivity (Wildman–Crippen MR) is 81.9 cm³/mol. The molecule has 1 aromatic carbocycles. The average Bonchev–Trinajstić information content (AvgIpc) is 2.71. The molecule has 1 saturated heterocycles. The fourth-order valence-electron chi connectivity index (χ4n) is 2.59. The van der Waals surface area contributed by atoms with Crippen molar-refractivity contribution < 1.29 is 9.59 Å². The zero-order chi connectivity index (χ0) is 15.4. The van der Waals surface area contributed by atoms with Crippen LogP contribution in [0, 0.1) is 6.92 Å². The van der Waals surface area contributed by atoms with Crippen molar-refractivity contribution in [1.82, 2.24) is 9.80 Å². The van der Waals surface area contributed by atoms with Crippen molar-refractivity contribution in [1.29, 1.82) is 0 Å². The molecule has 0 aromatic heterocycles. The minimum atomic E-state index is -0.482. The number of amides is 2. The molecule has 1 fully saturated rings. The quantitative estimate of drug-likeness (QED) is 0.884. The van der Waals surface area contributed by atoms with E-state index in [1.807, 2.05) is 36.1 Å². The first-order valence-corrected chi connectivity index (χ1v) is 7.39. The van der Waals surface area contributed by atoms with Gasteiger partial charge in [0.05, 0.1) is 6.04 Å². The number of nitrogens with two attached hydrogens (primary N) is 1. The van der Waals surface area contributed by atoms with Gasteiger partial charge in [-0.15, -0.1) is 0 Å². The predicted octanol–water partition coefficient (Wildman–Crippen LogP) is 1.02. The van der Waals surface area contributed by atoms with Gasteiger partial charge >= 0.3 is 0 Å². The molecule has 0 unspecified atom stereocenters. The average molecular weight is 289 g/mol. The number of hydrogen-bond donors (Lipinski definition) is 1. The SMILES string of the molecule is Cc1cccc(C(=O)N2CCCN(C(=O)[C@@H](C)N)CC2)c1. The Morgan fingerprint density at radius 3 is 2.48 bits per heavy atom. The summed E-state index contributed by atoms with van der Waals surface area (Å²) >= 11 is 0. The second-order valence-corrected chi connectivity index (χ2v) is 5.63. The van der Waals surface area contributed by atoms with E-state index in [0.717, 1.165) is 12.0 Å². The molecule has 2 rings (SSSR count). The lowest BCUT2D eigenvalue weighted by molar-refractivity contribution is -0.132. The Kier molecular flexibility index (Phi) is 4.96. The molecule has 1 aromatic rings. The molecule has 2 N–H and O–H groups in total. The minimum absolute atomic E-state index is 0.0359. The van der Waals surface area contributed by atoms with Gasteiger partial charge in [0.25, 0.3) is 5.91 Å². The zero-order valence-electron chi connectivity index (χ0n) is 12.7. The summed E-state index contributed by atoms with van der Waals surface area (Å²) in [5.41, 5.74) is 7.43. The molecule has 1 heterocycles. The van der Waals surface area contributed by atoms with Gasteiger partial charge < -0.3 is 15.5 Å². The van der Waals surface area contributed by atoms with Crippen LogP contribution in [0.4, 0.5) is 0 Å². The Labute approximate surface area is 125 Å². The third kappa shape index (κ3) is 3.82. The largest absolute Gasteiger partial charge is 0.340 e. The number of aryl methyl sites for hydroxylation is 1. The van der Waals surface area contributed by atoms with Crippen LogP contribution in [0.15, 0.2) is 24.3 Å². The Balaban J connectivity index is 2.03. The summed E-state index contributed by atoms with van der Waals surface area (Å²) in [6, 6.07) is 7.13. The summed E-state index contributed by atoms with van der Waals surface area (Å²) in [4.78, 5) is 28.0.